The van der Waals surface area contributed by atoms with Crippen molar-refractivity contribution in [2.45, 2.75) is 13.8 Å². The quantitative estimate of drug-likeness (QED) is 0.779. The van der Waals surface area contributed by atoms with E-state index in [1.807, 2.05) is 6.92 Å². The maximum absolute atomic E-state index is 11.3. The summed E-state index contributed by atoms with van der Waals surface area (Å²) in [6, 6.07) is 7.03. The number of hydrogen-bond donors (Lipinski definition) is 2. The van der Waals surface area contributed by atoms with E-state index in [1.165, 1.54) is 0 Å². The van der Waals surface area contributed by atoms with Crippen LogP contribution in [0.4, 0.5) is 5.69 Å². The Hall–Kier alpha value is -2.23. The number of nitrogens with two attached hydrogens (primary N) is 1. The molecule has 0 aliphatic rings. The lowest BCUT2D eigenvalue weighted by Crippen LogP contribution is -2.06. The van der Waals surface area contributed by atoms with Crippen molar-refractivity contribution >= 4 is 11.7 Å². The molecule has 4 heteroatoms. The molecule has 88 valence electrons. The summed E-state index contributed by atoms with van der Waals surface area (Å²) < 4.78 is 5.44. The molecule has 1 aromatic heterocycles. The third-order valence-electron chi connectivity index (χ3n) is 2.68. The van der Waals surface area contributed by atoms with Crippen LogP contribution in [0.1, 0.15) is 21.7 Å². The second-order valence-corrected chi connectivity index (χ2v) is 3.93. The molecule has 4 nitrogen and oxygen atoms in total. The van der Waals surface area contributed by atoms with Gasteiger partial charge in [-0.1, -0.05) is 6.07 Å². The number of aromatic carboxylic acids is 1. The average molecular weight is 231 g/mol. The van der Waals surface area contributed by atoms with E-state index < -0.39 is 5.97 Å². The maximum Gasteiger partial charge on any atom is 0.338 e. The number of carboxylic acid groups (broad SMARTS) is 1. The van der Waals surface area contributed by atoms with Crippen molar-refractivity contribution in [1.29, 1.82) is 0 Å². The molecule has 0 aliphatic carbocycles. The Morgan fingerprint density at radius 2 is 1.94 bits per heavy atom. The Kier molecular flexibility index (Phi) is 2.63. The van der Waals surface area contributed by atoms with E-state index in [2.05, 4.69) is 0 Å². The van der Waals surface area contributed by atoms with Gasteiger partial charge in [0.1, 0.15) is 11.5 Å². The molecule has 0 amide bonds. The van der Waals surface area contributed by atoms with Crippen LogP contribution >= 0.6 is 0 Å². The number of carboxylic acids is 1. The Bertz CT molecular complexity index is 584. The van der Waals surface area contributed by atoms with Crippen molar-refractivity contribution in [3.05, 3.63) is 41.2 Å². The standard InChI is InChI=1S/C13H13NO3/c1-7-3-5-9(10-6-4-8(2)17-10)11(12(7)14)13(15)16/h3-6H,14H2,1-2H3,(H,15,16). The number of benzene rings is 1. The zero-order valence-electron chi connectivity index (χ0n) is 9.65. The maximum atomic E-state index is 11.3. The van der Waals surface area contributed by atoms with Crippen LogP contribution in [0.2, 0.25) is 0 Å². The third-order valence-corrected chi connectivity index (χ3v) is 2.68. The third kappa shape index (κ3) is 1.89. The largest absolute Gasteiger partial charge is 0.478 e. The normalized spacial score (nSPS) is 10.5. The molecule has 0 saturated heterocycles. The van der Waals surface area contributed by atoms with Gasteiger partial charge in [0, 0.05) is 11.3 Å². The Balaban J connectivity index is 2.70. The van der Waals surface area contributed by atoms with Crippen LogP contribution in [0.5, 0.6) is 0 Å². The topological polar surface area (TPSA) is 76.5 Å². The van der Waals surface area contributed by atoms with Crippen LogP contribution in [-0.2, 0) is 0 Å². The molecule has 0 unspecified atom stereocenters. The molecule has 2 rings (SSSR count). The first kappa shape index (κ1) is 11.3. The van der Waals surface area contributed by atoms with E-state index in [0.29, 0.717) is 11.3 Å². The SMILES string of the molecule is Cc1ccc(-c2ccc(C)c(N)c2C(=O)O)o1. The zero-order valence-corrected chi connectivity index (χ0v) is 9.65. The van der Waals surface area contributed by atoms with Gasteiger partial charge in [-0.3, -0.25) is 0 Å². The van der Waals surface area contributed by atoms with Crippen molar-refractivity contribution in [3.63, 3.8) is 0 Å². The molecule has 2 aromatic rings. The molecule has 0 saturated carbocycles. The number of hydrogen-bond acceptors (Lipinski definition) is 3. The molecule has 0 aliphatic heterocycles. The molecule has 0 bridgehead atoms. The molecule has 0 fully saturated rings. The van der Waals surface area contributed by atoms with E-state index in [9.17, 15) is 9.90 Å². The van der Waals surface area contributed by atoms with Crippen LogP contribution in [0.25, 0.3) is 11.3 Å². The number of aryl methyl sites for hydroxylation is 2. The number of rotatable bonds is 2. The zero-order chi connectivity index (χ0) is 12.6. The van der Waals surface area contributed by atoms with E-state index in [-0.39, 0.29) is 11.3 Å². The van der Waals surface area contributed by atoms with Crippen LogP contribution in [0.15, 0.2) is 28.7 Å². The van der Waals surface area contributed by atoms with Crippen LogP contribution in [0.3, 0.4) is 0 Å². The van der Waals surface area contributed by atoms with Gasteiger partial charge < -0.3 is 15.3 Å². The van der Waals surface area contributed by atoms with Gasteiger partial charge in [0.25, 0.3) is 0 Å². The van der Waals surface area contributed by atoms with Gasteiger partial charge in [-0.15, -0.1) is 0 Å². The summed E-state index contributed by atoms with van der Waals surface area (Å²) in [7, 11) is 0. The van der Waals surface area contributed by atoms with Gasteiger partial charge in [-0.2, -0.15) is 0 Å². The summed E-state index contributed by atoms with van der Waals surface area (Å²) in [4.78, 5) is 11.3. The highest BCUT2D eigenvalue weighted by molar-refractivity contribution is 6.01. The highest BCUT2D eigenvalue weighted by atomic mass is 16.4. The molecule has 0 spiro atoms. The number of anilines is 1. The molecule has 0 atom stereocenters. The summed E-state index contributed by atoms with van der Waals surface area (Å²) in [5, 5.41) is 9.22. The monoisotopic (exact) mass is 231 g/mol. The molecule has 0 radical (unpaired) electrons. The fourth-order valence-corrected chi connectivity index (χ4v) is 1.74. The van der Waals surface area contributed by atoms with Crippen molar-refractivity contribution in [2.75, 3.05) is 5.73 Å². The minimum Gasteiger partial charge on any atom is -0.478 e. The lowest BCUT2D eigenvalue weighted by atomic mass is 10.00. The second kappa shape index (κ2) is 3.97. The van der Waals surface area contributed by atoms with Crippen LogP contribution < -0.4 is 5.73 Å². The Labute approximate surface area is 98.7 Å². The van der Waals surface area contributed by atoms with Crippen molar-refractivity contribution < 1.29 is 14.3 Å². The summed E-state index contributed by atoms with van der Waals surface area (Å²) in [5.74, 6) is 0.206. The predicted molar refractivity (Wildman–Crippen MR) is 65.0 cm³/mol. The molecule has 1 aromatic carbocycles. The van der Waals surface area contributed by atoms with Gasteiger partial charge in [0.15, 0.2) is 0 Å². The molecular weight excluding hydrogens is 218 g/mol. The highest BCUT2D eigenvalue weighted by Crippen LogP contribution is 2.31. The van der Waals surface area contributed by atoms with E-state index >= 15 is 0 Å². The molecular formula is C13H13NO3. The summed E-state index contributed by atoms with van der Waals surface area (Å²) in [5.41, 5.74) is 7.44. The van der Waals surface area contributed by atoms with Crippen LogP contribution in [0, 0.1) is 13.8 Å². The summed E-state index contributed by atoms with van der Waals surface area (Å²) >= 11 is 0. The minimum absolute atomic E-state index is 0.0966. The van der Waals surface area contributed by atoms with Crippen molar-refractivity contribution in [3.8, 4) is 11.3 Å². The first-order chi connectivity index (χ1) is 8.00. The van der Waals surface area contributed by atoms with Crippen LogP contribution in [-0.4, -0.2) is 11.1 Å². The Morgan fingerprint density at radius 1 is 1.24 bits per heavy atom. The second-order valence-electron chi connectivity index (χ2n) is 3.93. The lowest BCUT2D eigenvalue weighted by Gasteiger charge is -2.09. The molecule has 3 N–H and O–H groups in total. The average Bonchev–Trinajstić information content (AvgIpc) is 2.68. The van der Waals surface area contributed by atoms with Gasteiger partial charge >= 0.3 is 5.97 Å². The first-order valence-corrected chi connectivity index (χ1v) is 5.20. The smallest absolute Gasteiger partial charge is 0.338 e. The van der Waals surface area contributed by atoms with Gasteiger partial charge in [0.05, 0.1) is 5.56 Å². The summed E-state index contributed by atoms with van der Waals surface area (Å²) in [6.07, 6.45) is 0. The van der Waals surface area contributed by atoms with E-state index in [0.717, 1.165) is 11.3 Å². The van der Waals surface area contributed by atoms with Crippen molar-refractivity contribution in [2.24, 2.45) is 0 Å². The fourth-order valence-electron chi connectivity index (χ4n) is 1.74. The number of carbonyl (C=O) groups is 1. The summed E-state index contributed by atoms with van der Waals surface area (Å²) in [6.45, 7) is 3.58. The van der Waals surface area contributed by atoms with Gasteiger partial charge in [-0.05, 0) is 37.6 Å². The molecule has 1 heterocycles. The Morgan fingerprint density at radius 3 is 2.47 bits per heavy atom. The highest BCUT2D eigenvalue weighted by Gasteiger charge is 2.18. The van der Waals surface area contributed by atoms with Gasteiger partial charge in [0.2, 0.25) is 0 Å². The number of furan rings is 1. The van der Waals surface area contributed by atoms with E-state index in [1.54, 1.807) is 31.2 Å². The molecule has 17 heavy (non-hydrogen) atoms. The lowest BCUT2D eigenvalue weighted by molar-refractivity contribution is 0.0698. The minimum atomic E-state index is -1.05. The van der Waals surface area contributed by atoms with E-state index in [4.69, 9.17) is 10.2 Å². The van der Waals surface area contributed by atoms with Crippen molar-refractivity contribution in [1.82, 2.24) is 0 Å². The first-order valence-electron chi connectivity index (χ1n) is 5.20. The number of nitrogen functional groups attached to an aromatic ring is 1. The van der Waals surface area contributed by atoms with Gasteiger partial charge in [-0.25, -0.2) is 4.79 Å². The fraction of sp³-hybridized carbons (Fsp3) is 0.154. The predicted octanol–water partition coefficient (Wildman–Crippen LogP) is 2.84.